The second-order valence-corrected chi connectivity index (χ2v) is 3.41. The van der Waals surface area contributed by atoms with Crippen molar-refractivity contribution in [2.24, 2.45) is 0 Å². The van der Waals surface area contributed by atoms with Gasteiger partial charge < -0.3 is 10.6 Å². The lowest BCUT2D eigenvalue weighted by atomic mass is 10.3. The van der Waals surface area contributed by atoms with Gasteiger partial charge in [0.25, 0.3) is 0 Å². The summed E-state index contributed by atoms with van der Waals surface area (Å²) in [5.74, 6) is -0.317. The van der Waals surface area contributed by atoms with Crippen molar-refractivity contribution < 1.29 is 9.18 Å². The van der Waals surface area contributed by atoms with Crippen molar-refractivity contribution >= 4 is 11.7 Å². The number of benzene rings is 1. The van der Waals surface area contributed by atoms with E-state index in [0.717, 1.165) is 6.42 Å². The molecule has 0 spiro atoms. The van der Waals surface area contributed by atoms with Gasteiger partial charge in [-0.25, -0.2) is 9.18 Å². The molecule has 1 atom stereocenters. The lowest BCUT2D eigenvalue weighted by Crippen LogP contribution is -2.35. The second kappa shape index (κ2) is 5.34. The van der Waals surface area contributed by atoms with Gasteiger partial charge in [0.05, 0.1) is 0 Å². The standard InChI is InChI=1S/C11H15FN2O/c1-3-8(2)13-11(15)14-10-6-4-9(12)5-7-10/h4-8H,3H2,1-2H3,(H2,13,14,15)/t8-/m0/s1. The van der Waals surface area contributed by atoms with Crippen LogP contribution in [0.1, 0.15) is 20.3 Å². The minimum Gasteiger partial charge on any atom is -0.335 e. The molecule has 0 aliphatic heterocycles. The van der Waals surface area contributed by atoms with Crippen molar-refractivity contribution in [2.45, 2.75) is 26.3 Å². The first kappa shape index (κ1) is 11.5. The molecule has 1 aromatic carbocycles. The van der Waals surface area contributed by atoms with Crippen LogP contribution in [0.2, 0.25) is 0 Å². The van der Waals surface area contributed by atoms with E-state index in [0.29, 0.717) is 5.69 Å². The van der Waals surface area contributed by atoms with Gasteiger partial charge in [0.15, 0.2) is 0 Å². The molecule has 0 aliphatic carbocycles. The maximum absolute atomic E-state index is 12.6. The topological polar surface area (TPSA) is 41.1 Å². The first-order valence-electron chi connectivity index (χ1n) is 4.95. The molecule has 0 radical (unpaired) electrons. The number of anilines is 1. The molecule has 0 saturated heterocycles. The Morgan fingerprint density at radius 1 is 1.40 bits per heavy atom. The molecule has 0 fully saturated rings. The van der Waals surface area contributed by atoms with Crippen molar-refractivity contribution in [3.05, 3.63) is 30.1 Å². The number of carbonyl (C=O) groups is 1. The van der Waals surface area contributed by atoms with Gasteiger partial charge in [-0.3, -0.25) is 0 Å². The summed E-state index contributed by atoms with van der Waals surface area (Å²) >= 11 is 0. The van der Waals surface area contributed by atoms with Crippen molar-refractivity contribution in [1.29, 1.82) is 0 Å². The molecular weight excluding hydrogens is 195 g/mol. The van der Waals surface area contributed by atoms with Crippen LogP contribution in [0.4, 0.5) is 14.9 Å². The number of amides is 2. The van der Waals surface area contributed by atoms with Crippen LogP contribution in [0.15, 0.2) is 24.3 Å². The van der Waals surface area contributed by atoms with Crippen LogP contribution in [0.3, 0.4) is 0 Å². The molecule has 0 bridgehead atoms. The third kappa shape index (κ3) is 3.97. The predicted molar refractivity (Wildman–Crippen MR) is 58.3 cm³/mol. The number of carbonyl (C=O) groups excluding carboxylic acids is 1. The number of urea groups is 1. The fourth-order valence-corrected chi connectivity index (χ4v) is 1.03. The number of hydrogen-bond acceptors (Lipinski definition) is 1. The molecule has 4 heteroatoms. The number of hydrogen-bond donors (Lipinski definition) is 2. The highest BCUT2D eigenvalue weighted by molar-refractivity contribution is 5.89. The van der Waals surface area contributed by atoms with Gasteiger partial charge in [0.2, 0.25) is 0 Å². The Kier molecular flexibility index (Phi) is 4.09. The molecule has 1 rings (SSSR count). The van der Waals surface area contributed by atoms with Crippen molar-refractivity contribution in [3.63, 3.8) is 0 Å². The fraction of sp³-hybridized carbons (Fsp3) is 0.364. The fourth-order valence-electron chi connectivity index (χ4n) is 1.03. The Balaban J connectivity index is 2.48. The Labute approximate surface area is 88.7 Å². The molecule has 3 nitrogen and oxygen atoms in total. The van der Waals surface area contributed by atoms with E-state index in [4.69, 9.17) is 0 Å². The SMILES string of the molecule is CC[C@H](C)NC(=O)Nc1ccc(F)cc1. The Bertz CT molecular complexity index is 324. The highest BCUT2D eigenvalue weighted by Crippen LogP contribution is 2.07. The van der Waals surface area contributed by atoms with Crippen LogP contribution in [-0.4, -0.2) is 12.1 Å². The minimum absolute atomic E-state index is 0.130. The highest BCUT2D eigenvalue weighted by atomic mass is 19.1. The van der Waals surface area contributed by atoms with Gasteiger partial charge in [-0.05, 0) is 37.6 Å². The van der Waals surface area contributed by atoms with Gasteiger partial charge in [0.1, 0.15) is 5.82 Å². The summed E-state index contributed by atoms with van der Waals surface area (Å²) in [7, 11) is 0. The second-order valence-electron chi connectivity index (χ2n) is 3.41. The van der Waals surface area contributed by atoms with Crippen LogP contribution in [0.25, 0.3) is 0 Å². The van der Waals surface area contributed by atoms with Gasteiger partial charge in [0, 0.05) is 11.7 Å². The van der Waals surface area contributed by atoms with E-state index in [1.54, 1.807) is 0 Å². The first-order chi connectivity index (χ1) is 7.11. The van der Waals surface area contributed by atoms with E-state index in [2.05, 4.69) is 10.6 Å². The zero-order valence-corrected chi connectivity index (χ0v) is 8.88. The Morgan fingerprint density at radius 2 is 2.00 bits per heavy atom. The van der Waals surface area contributed by atoms with Crippen molar-refractivity contribution in [2.75, 3.05) is 5.32 Å². The highest BCUT2D eigenvalue weighted by Gasteiger charge is 2.04. The number of nitrogens with one attached hydrogen (secondary N) is 2. The zero-order chi connectivity index (χ0) is 11.3. The molecule has 0 heterocycles. The molecule has 0 aliphatic rings. The summed E-state index contributed by atoms with van der Waals surface area (Å²) in [6.07, 6.45) is 0.872. The van der Waals surface area contributed by atoms with Crippen LogP contribution in [0, 0.1) is 5.82 Å². The minimum atomic E-state index is -0.317. The summed E-state index contributed by atoms with van der Waals surface area (Å²) in [4.78, 5) is 11.4. The monoisotopic (exact) mass is 210 g/mol. The summed E-state index contributed by atoms with van der Waals surface area (Å²) in [6.45, 7) is 3.91. The molecule has 1 aromatic rings. The first-order valence-corrected chi connectivity index (χ1v) is 4.95. The molecule has 0 unspecified atom stereocenters. The molecular formula is C11H15FN2O. The van der Waals surface area contributed by atoms with Crippen LogP contribution < -0.4 is 10.6 Å². The van der Waals surface area contributed by atoms with E-state index in [9.17, 15) is 9.18 Å². The van der Waals surface area contributed by atoms with E-state index >= 15 is 0 Å². The van der Waals surface area contributed by atoms with E-state index in [1.807, 2.05) is 13.8 Å². The zero-order valence-electron chi connectivity index (χ0n) is 8.88. The van der Waals surface area contributed by atoms with Gasteiger partial charge in [-0.1, -0.05) is 6.92 Å². The largest absolute Gasteiger partial charge is 0.335 e. The predicted octanol–water partition coefficient (Wildman–Crippen LogP) is 2.75. The van der Waals surface area contributed by atoms with Crippen LogP contribution in [0.5, 0.6) is 0 Å². The molecule has 0 saturated carbocycles. The van der Waals surface area contributed by atoms with E-state index < -0.39 is 0 Å². The normalized spacial score (nSPS) is 11.9. The maximum atomic E-state index is 12.6. The smallest absolute Gasteiger partial charge is 0.319 e. The Hall–Kier alpha value is -1.58. The van der Waals surface area contributed by atoms with Gasteiger partial charge in [-0.15, -0.1) is 0 Å². The average Bonchev–Trinajstić information content (AvgIpc) is 2.21. The third-order valence-electron chi connectivity index (χ3n) is 2.09. The molecule has 15 heavy (non-hydrogen) atoms. The van der Waals surface area contributed by atoms with Gasteiger partial charge in [-0.2, -0.15) is 0 Å². The average molecular weight is 210 g/mol. The quantitative estimate of drug-likeness (QED) is 0.791. The molecule has 0 aromatic heterocycles. The lowest BCUT2D eigenvalue weighted by Gasteiger charge is -2.12. The summed E-state index contributed by atoms with van der Waals surface area (Å²) < 4.78 is 12.6. The third-order valence-corrected chi connectivity index (χ3v) is 2.09. The van der Waals surface area contributed by atoms with E-state index in [1.165, 1.54) is 24.3 Å². The molecule has 2 N–H and O–H groups in total. The number of halogens is 1. The summed E-state index contributed by atoms with van der Waals surface area (Å²) in [5.41, 5.74) is 0.581. The molecule has 82 valence electrons. The van der Waals surface area contributed by atoms with E-state index in [-0.39, 0.29) is 17.9 Å². The Morgan fingerprint density at radius 3 is 2.53 bits per heavy atom. The van der Waals surface area contributed by atoms with Crippen molar-refractivity contribution in [3.8, 4) is 0 Å². The summed E-state index contributed by atoms with van der Waals surface area (Å²) in [6, 6.07) is 5.51. The molecule has 2 amide bonds. The van der Waals surface area contributed by atoms with Crippen LogP contribution >= 0.6 is 0 Å². The van der Waals surface area contributed by atoms with Crippen molar-refractivity contribution in [1.82, 2.24) is 5.32 Å². The lowest BCUT2D eigenvalue weighted by molar-refractivity contribution is 0.249. The summed E-state index contributed by atoms with van der Waals surface area (Å²) in [5, 5.41) is 5.37. The van der Waals surface area contributed by atoms with Gasteiger partial charge >= 0.3 is 6.03 Å². The number of rotatable bonds is 3. The maximum Gasteiger partial charge on any atom is 0.319 e. The van der Waals surface area contributed by atoms with Crippen LogP contribution in [-0.2, 0) is 0 Å².